The number of ether oxygens (including phenoxy) is 1. The van der Waals surface area contributed by atoms with Gasteiger partial charge in [0, 0.05) is 50.8 Å². The van der Waals surface area contributed by atoms with Gasteiger partial charge in [0.2, 0.25) is 5.91 Å². The lowest BCUT2D eigenvalue weighted by Gasteiger charge is -2.37. The van der Waals surface area contributed by atoms with Gasteiger partial charge in [0.25, 0.3) is 0 Å². The van der Waals surface area contributed by atoms with E-state index in [9.17, 15) is 4.79 Å². The summed E-state index contributed by atoms with van der Waals surface area (Å²) >= 11 is 12.4. The third-order valence-electron chi connectivity index (χ3n) is 7.85. The van der Waals surface area contributed by atoms with E-state index in [0.29, 0.717) is 45.4 Å². The van der Waals surface area contributed by atoms with Gasteiger partial charge in [-0.1, -0.05) is 35.8 Å². The summed E-state index contributed by atoms with van der Waals surface area (Å²) in [6, 6.07) is 11.9. The zero-order valence-corrected chi connectivity index (χ0v) is 24.9. The zero-order valence-electron chi connectivity index (χ0n) is 23.4. The fourth-order valence-electron chi connectivity index (χ4n) is 5.54. The molecule has 42 heavy (non-hydrogen) atoms. The van der Waals surface area contributed by atoms with Gasteiger partial charge in [-0.05, 0) is 42.7 Å². The van der Waals surface area contributed by atoms with Crippen molar-refractivity contribution in [3.8, 4) is 5.75 Å². The van der Waals surface area contributed by atoms with Crippen LogP contribution >= 0.6 is 23.2 Å². The fourth-order valence-corrected chi connectivity index (χ4v) is 5.85. The maximum Gasteiger partial charge on any atom is 0.247 e. The summed E-state index contributed by atoms with van der Waals surface area (Å²) in [7, 11) is 1.63. The van der Waals surface area contributed by atoms with Crippen molar-refractivity contribution < 1.29 is 14.4 Å². The number of carbonyl (C=O) groups excluding carboxylic acids is 1. The summed E-state index contributed by atoms with van der Waals surface area (Å²) in [6.45, 7) is 7.89. The molecule has 10 nitrogen and oxygen atoms in total. The largest absolute Gasteiger partial charge is 0.494 e. The highest BCUT2D eigenvalue weighted by Gasteiger charge is 2.32. The Bertz CT molecular complexity index is 1480. The van der Waals surface area contributed by atoms with Gasteiger partial charge in [-0.3, -0.25) is 14.5 Å². The minimum atomic E-state index is -0.284. The highest BCUT2D eigenvalue weighted by molar-refractivity contribution is 6.42. The van der Waals surface area contributed by atoms with Crippen molar-refractivity contribution in [2.75, 3.05) is 60.5 Å². The topological polar surface area (TPSA) is 95.1 Å². The lowest BCUT2D eigenvalue weighted by atomic mass is 10.0. The number of halogens is 2. The Labute approximate surface area is 255 Å². The van der Waals surface area contributed by atoms with Gasteiger partial charge in [-0.15, -0.1) is 0 Å². The Morgan fingerprint density at radius 2 is 1.86 bits per heavy atom. The van der Waals surface area contributed by atoms with Gasteiger partial charge in [-0.25, -0.2) is 15.0 Å². The molecule has 1 aromatic heterocycles. The van der Waals surface area contributed by atoms with Crippen LogP contribution in [0.2, 0.25) is 10.0 Å². The molecule has 2 aromatic carbocycles. The van der Waals surface area contributed by atoms with Crippen molar-refractivity contribution in [3.05, 3.63) is 71.0 Å². The molecule has 220 valence electrons. The molecular formula is C30H33Cl2N7O3. The molecule has 0 spiro atoms. The Morgan fingerprint density at radius 1 is 1.05 bits per heavy atom. The second-order valence-corrected chi connectivity index (χ2v) is 11.4. The number of hydrogen-bond acceptors (Lipinski definition) is 9. The molecule has 1 atom stereocenters. The molecule has 0 unspecified atom stereocenters. The molecule has 3 aromatic rings. The number of aromatic nitrogens is 2. The highest BCUT2D eigenvalue weighted by Crippen LogP contribution is 2.41. The molecule has 1 saturated carbocycles. The van der Waals surface area contributed by atoms with Crippen LogP contribution < -0.4 is 25.3 Å². The molecule has 0 radical (unpaired) electrons. The lowest BCUT2D eigenvalue weighted by Crippen LogP contribution is -2.47. The van der Waals surface area contributed by atoms with Gasteiger partial charge in [0.1, 0.15) is 17.9 Å². The predicted octanol–water partition coefficient (Wildman–Crippen LogP) is 5.83. The molecule has 2 aliphatic heterocycles. The lowest BCUT2D eigenvalue weighted by molar-refractivity contribution is -0.111. The first-order chi connectivity index (χ1) is 20.4. The van der Waals surface area contributed by atoms with E-state index in [1.807, 2.05) is 30.3 Å². The van der Waals surface area contributed by atoms with E-state index in [-0.39, 0.29) is 11.9 Å². The number of piperazine rings is 1. The predicted molar refractivity (Wildman–Crippen MR) is 166 cm³/mol. The Kier molecular flexibility index (Phi) is 8.39. The van der Waals surface area contributed by atoms with Crippen LogP contribution in [0.1, 0.15) is 30.9 Å². The molecule has 12 heteroatoms. The molecule has 1 amide bonds. The summed E-state index contributed by atoms with van der Waals surface area (Å²) in [4.78, 5) is 32.1. The standard InChI is InChI=1S/C30H33Cl2N7O3/c1-3-30(40)36-23-15-24(27(41-2)16-26(23)38-11-9-37(10-12-38)20-5-6-20)35-28-17-29(34-18-33-28)39-25(8-13-42-39)19-4-7-21(31)22(32)14-19/h3-4,7,14-18,20,25H,1,5-6,8-13H2,2H3,(H,36,40)(H,33,34,35)/t25-/m1/s1. The van der Waals surface area contributed by atoms with Crippen LogP contribution in [0.15, 0.2) is 55.4 Å². The van der Waals surface area contributed by atoms with Crippen molar-refractivity contribution in [2.24, 2.45) is 0 Å². The van der Waals surface area contributed by atoms with Crippen molar-refractivity contribution in [1.82, 2.24) is 14.9 Å². The second kappa shape index (κ2) is 12.3. The molecule has 3 aliphatic rings. The maximum atomic E-state index is 12.4. The number of carbonyl (C=O) groups is 1. The number of rotatable bonds is 9. The van der Waals surface area contributed by atoms with E-state index >= 15 is 0 Å². The number of nitrogens with zero attached hydrogens (tertiary/aromatic N) is 5. The van der Waals surface area contributed by atoms with Gasteiger partial charge in [-0.2, -0.15) is 0 Å². The van der Waals surface area contributed by atoms with E-state index in [2.05, 4.69) is 37.0 Å². The summed E-state index contributed by atoms with van der Waals surface area (Å²) in [6.07, 6.45) is 6.09. The third-order valence-corrected chi connectivity index (χ3v) is 8.59. The molecule has 2 N–H and O–H groups in total. The van der Waals surface area contributed by atoms with Gasteiger partial charge < -0.3 is 20.3 Å². The first-order valence-electron chi connectivity index (χ1n) is 14.0. The van der Waals surface area contributed by atoms with Crippen molar-refractivity contribution in [1.29, 1.82) is 0 Å². The van der Waals surface area contributed by atoms with E-state index in [1.54, 1.807) is 18.2 Å². The zero-order chi connectivity index (χ0) is 29.2. The number of hydroxylamine groups is 1. The average Bonchev–Trinajstić information content (AvgIpc) is 3.74. The van der Waals surface area contributed by atoms with Crippen molar-refractivity contribution in [2.45, 2.75) is 31.3 Å². The van der Waals surface area contributed by atoms with Gasteiger partial charge >= 0.3 is 0 Å². The quantitative estimate of drug-likeness (QED) is 0.291. The van der Waals surface area contributed by atoms with Crippen LogP contribution in [-0.4, -0.2) is 66.7 Å². The molecule has 1 aliphatic carbocycles. The first kappa shape index (κ1) is 28.5. The first-order valence-corrected chi connectivity index (χ1v) is 14.8. The van der Waals surface area contributed by atoms with Crippen LogP contribution in [0.25, 0.3) is 0 Å². The molecule has 3 heterocycles. The van der Waals surface area contributed by atoms with Gasteiger partial charge in [0.05, 0.1) is 46.9 Å². The number of methoxy groups -OCH3 is 1. The molecule has 6 rings (SSSR count). The number of nitrogens with one attached hydrogen (secondary N) is 2. The molecule has 2 saturated heterocycles. The summed E-state index contributed by atoms with van der Waals surface area (Å²) in [5.41, 5.74) is 3.19. The van der Waals surface area contributed by atoms with Crippen LogP contribution in [0, 0.1) is 0 Å². The molecular weight excluding hydrogens is 577 g/mol. The summed E-state index contributed by atoms with van der Waals surface area (Å²) in [5.74, 6) is 1.46. The maximum absolute atomic E-state index is 12.4. The van der Waals surface area contributed by atoms with E-state index < -0.39 is 0 Å². The molecule has 3 fully saturated rings. The highest BCUT2D eigenvalue weighted by atomic mass is 35.5. The van der Waals surface area contributed by atoms with E-state index in [0.717, 1.165) is 49.9 Å². The monoisotopic (exact) mass is 609 g/mol. The Morgan fingerprint density at radius 3 is 2.57 bits per heavy atom. The van der Waals surface area contributed by atoms with E-state index in [1.165, 1.54) is 25.2 Å². The number of amides is 1. The van der Waals surface area contributed by atoms with Crippen LogP contribution in [0.5, 0.6) is 5.75 Å². The third kappa shape index (κ3) is 6.12. The fraction of sp³-hybridized carbons (Fsp3) is 0.367. The minimum Gasteiger partial charge on any atom is -0.494 e. The van der Waals surface area contributed by atoms with E-state index in [4.69, 9.17) is 32.8 Å². The summed E-state index contributed by atoms with van der Waals surface area (Å²) < 4.78 is 5.80. The Hall–Kier alpha value is -3.57. The minimum absolute atomic E-state index is 0.0857. The summed E-state index contributed by atoms with van der Waals surface area (Å²) in [5, 5.41) is 9.09. The number of hydrogen-bond donors (Lipinski definition) is 2. The normalized spacial score (nSPS) is 19.1. The van der Waals surface area contributed by atoms with Crippen molar-refractivity contribution >= 4 is 57.8 Å². The van der Waals surface area contributed by atoms with Gasteiger partial charge in [0.15, 0.2) is 5.82 Å². The number of anilines is 5. The number of benzene rings is 2. The smallest absolute Gasteiger partial charge is 0.247 e. The van der Waals surface area contributed by atoms with Crippen molar-refractivity contribution in [3.63, 3.8) is 0 Å². The SMILES string of the molecule is C=CC(=O)Nc1cc(Nc2cc(N3OCC[C@@H]3c3ccc(Cl)c(Cl)c3)ncn2)c(OC)cc1N1CCN(C2CC2)CC1. The average molecular weight is 611 g/mol. The van der Waals surface area contributed by atoms with Crippen LogP contribution in [-0.2, 0) is 9.63 Å². The van der Waals surface area contributed by atoms with Crippen LogP contribution in [0.4, 0.5) is 28.7 Å². The second-order valence-electron chi connectivity index (χ2n) is 10.5. The van der Waals surface area contributed by atoms with Crippen LogP contribution in [0.3, 0.4) is 0 Å². The Balaban J connectivity index is 1.26. The molecule has 0 bridgehead atoms.